The van der Waals surface area contributed by atoms with E-state index in [-0.39, 0.29) is 24.3 Å². The standard InChI is InChI=1S/C20H15ClN6O2/c21-12-7-5-11(6-8-12)16-9-14(13-3-1-2-4-15(13)24-16)18(28)29-10-17-25-19(22)27-20(23)26-17/h1-9H,10H2,(H4,22,23,25,26,27). The number of hydrogen-bond acceptors (Lipinski definition) is 8. The predicted molar refractivity (Wildman–Crippen MR) is 110 cm³/mol. The van der Waals surface area contributed by atoms with Crippen molar-refractivity contribution >= 4 is 40.4 Å². The Kier molecular flexibility index (Phi) is 4.92. The average molecular weight is 407 g/mol. The molecule has 0 unspecified atom stereocenters. The Balaban J connectivity index is 1.69. The highest BCUT2D eigenvalue weighted by Gasteiger charge is 2.16. The number of nitrogen functional groups attached to an aromatic ring is 2. The maximum Gasteiger partial charge on any atom is 0.339 e. The number of anilines is 2. The first-order valence-electron chi connectivity index (χ1n) is 8.58. The Morgan fingerprint density at radius 1 is 0.931 bits per heavy atom. The molecule has 144 valence electrons. The Labute approximate surface area is 170 Å². The van der Waals surface area contributed by atoms with Gasteiger partial charge in [0.25, 0.3) is 0 Å². The molecule has 29 heavy (non-hydrogen) atoms. The van der Waals surface area contributed by atoms with Gasteiger partial charge in [0.05, 0.1) is 16.8 Å². The van der Waals surface area contributed by atoms with E-state index in [1.807, 2.05) is 36.4 Å². The molecule has 0 bridgehead atoms. The third kappa shape index (κ3) is 4.07. The fourth-order valence-corrected chi connectivity index (χ4v) is 2.97. The molecule has 0 amide bonds. The molecule has 0 radical (unpaired) electrons. The molecule has 4 N–H and O–H groups in total. The third-order valence-corrected chi connectivity index (χ3v) is 4.38. The van der Waals surface area contributed by atoms with E-state index in [1.54, 1.807) is 18.2 Å². The molecule has 0 spiro atoms. The van der Waals surface area contributed by atoms with Crippen LogP contribution < -0.4 is 11.5 Å². The lowest BCUT2D eigenvalue weighted by Gasteiger charge is -2.10. The van der Waals surface area contributed by atoms with E-state index in [0.29, 0.717) is 27.2 Å². The Morgan fingerprint density at radius 3 is 2.34 bits per heavy atom. The second-order valence-corrected chi connectivity index (χ2v) is 6.56. The summed E-state index contributed by atoms with van der Waals surface area (Å²) in [5, 5.41) is 1.29. The minimum Gasteiger partial charge on any atom is -0.454 e. The van der Waals surface area contributed by atoms with Gasteiger partial charge in [-0.05, 0) is 24.3 Å². The maximum absolute atomic E-state index is 12.8. The van der Waals surface area contributed by atoms with Gasteiger partial charge in [-0.2, -0.15) is 15.0 Å². The predicted octanol–water partition coefficient (Wildman–Crippen LogP) is 3.26. The number of esters is 1. The highest BCUT2D eigenvalue weighted by atomic mass is 35.5. The molecule has 0 saturated carbocycles. The van der Waals surface area contributed by atoms with Gasteiger partial charge >= 0.3 is 5.97 Å². The molecule has 8 nitrogen and oxygen atoms in total. The monoisotopic (exact) mass is 406 g/mol. The van der Waals surface area contributed by atoms with Crippen LogP contribution in [0.5, 0.6) is 0 Å². The van der Waals surface area contributed by atoms with Crippen molar-refractivity contribution in [2.24, 2.45) is 0 Å². The molecule has 9 heteroatoms. The largest absolute Gasteiger partial charge is 0.454 e. The number of carbonyl (C=O) groups excluding carboxylic acids is 1. The van der Waals surface area contributed by atoms with Crippen LogP contribution in [0.1, 0.15) is 16.2 Å². The van der Waals surface area contributed by atoms with E-state index in [4.69, 9.17) is 27.8 Å². The molecule has 0 aliphatic rings. The molecule has 2 aromatic heterocycles. The molecule has 2 heterocycles. The number of rotatable bonds is 4. The summed E-state index contributed by atoms with van der Waals surface area (Å²) < 4.78 is 5.39. The molecule has 0 saturated heterocycles. The summed E-state index contributed by atoms with van der Waals surface area (Å²) in [6, 6.07) is 16.2. The summed E-state index contributed by atoms with van der Waals surface area (Å²) in [6.07, 6.45) is 0. The van der Waals surface area contributed by atoms with Gasteiger partial charge in [0.1, 0.15) is 0 Å². The average Bonchev–Trinajstić information content (AvgIpc) is 2.71. The zero-order valence-electron chi connectivity index (χ0n) is 15.0. The van der Waals surface area contributed by atoms with Crippen molar-refractivity contribution in [3.63, 3.8) is 0 Å². The second-order valence-electron chi connectivity index (χ2n) is 6.12. The van der Waals surface area contributed by atoms with E-state index < -0.39 is 5.97 Å². The summed E-state index contributed by atoms with van der Waals surface area (Å²) in [7, 11) is 0. The van der Waals surface area contributed by atoms with Crippen LogP contribution in [0.2, 0.25) is 5.02 Å². The van der Waals surface area contributed by atoms with Gasteiger partial charge in [0.2, 0.25) is 11.9 Å². The molecule has 2 aromatic carbocycles. The van der Waals surface area contributed by atoms with E-state index in [2.05, 4.69) is 19.9 Å². The number of halogens is 1. The van der Waals surface area contributed by atoms with Gasteiger partial charge in [0.15, 0.2) is 12.4 Å². The van der Waals surface area contributed by atoms with Gasteiger partial charge in [-0.3, -0.25) is 0 Å². The summed E-state index contributed by atoms with van der Waals surface area (Å²) in [4.78, 5) is 29.0. The van der Waals surface area contributed by atoms with Crippen molar-refractivity contribution < 1.29 is 9.53 Å². The number of nitrogens with two attached hydrogens (primary N) is 2. The Bertz CT molecular complexity index is 1190. The zero-order valence-corrected chi connectivity index (χ0v) is 15.8. The van der Waals surface area contributed by atoms with Crippen molar-refractivity contribution in [1.82, 2.24) is 19.9 Å². The number of carbonyl (C=O) groups is 1. The number of benzene rings is 2. The summed E-state index contributed by atoms with van der Waals surface area (Å²) in [5.41, 5.74) is 13.6. The van der Waals surface area contributed by atoms with Gasteiger partial charge in [-0.25, -0.2) is 9.78 Å². The van der Waals surface area contributed by atoms with E-state index in [0.717, 1.165) is 5.56 Å². The van der Waals surface area contributed by atoms with Crippen LogP contribution in [-0.2, 0) is 11.3 Å². The van der Waals surface area contributed by atoms with Crippen molar-refractivity contribution in [2.45, 2.75) is 6.61 Å². The van der Waals surface area contributed by atoms with Crippen molar-refractivity contribution in [3.8, 4) is 11.3 Å². The molecular weight excluding hydrogens is 392 g/mol. The zero-order chi connectivity index (χ0) is 20.4. The molecule has 0 fully saturated rings. The molecule has 0 aliphatic carbocycles. The van der Waals surface area contributed by atoms with E-state index >= 15 is 0 Å². The Morgan fingerprint density at radius 2 is 1.62 bits per heavy atom. The second kappa shape index (κ2) is 7.69. The van der Waals surface area contributed by atoms with Crippen molar-refractivity contribution in [1.29, 1.82) is 0 Å². The fraction of sp³-hybridized carbons (Fsp3) is 0.0500. The SMILES string of the molecule is Nc1nc(N)nc(COC(=O)c2cc(-c3ccc(Cl)cc3)nc3ccccc23)n1. The first kappa shape index (κ1) is 18.6. The molecule has 4 rings (SSSR count). The highest BCUT2D eigenvalue weighted by Crippen LogP contribution is 2.26. The van der Waals surface area contributed by atoms with Gasteiger partial charge in [0, 0.05) is 16.0 Å². The number of pyridine rings is 1. The lowest BCUT2D eigenvalue weighted by atomic mass is 10.0. The first-order valence-corrected chi connectivity index (χ1v) is 8.96. The van der Waals surface area contributed by atoms with E-state index in [1.165, 1.54) is 0 Å². The van der Waals surface area contributed by atoms with Gasteiger partial charge < -0.3 is 16.2 Å². The number of nitrogens with zero attached hydrogens (tertiary/aromatic N) is 4. The van der Waals surface area contributed by atoms with Crippen LogP contribution in [0.25, 0.3) is 22.2 Å². The summed E-state index contributed by atoms with van der Waals surface area (Å²) in [5.74, 6) is -0.457. The lowest BCUT2D eigenvalue weighted by molar-refractivity contribution is 0.0464. The summed E-state index contributed by atoms with van der Waals surface area (Å²) >= 11 is 5.97. The normalized spacial score (nSPS) is 10.8. The number of ether oxygens (including phenoxy) is 1. The first-order chi connectivity index (χ1) is 14.0. The minimum absolute atomic E-state index is 0.0389. The van der Waals surface area contributed by atoms with Crippen molar-refractivity contribution in [3.05, 3.63) is 71.0 Å². The topological polar surface area (TPSA) is 130 Å². The third-order valence-electron chi connectivity index (χ3n) is 4.12. The van der Waals surface area contributed by atoms with Crippen LogP contribution >= 0.6 is 11.6 Å². The minimum atomic E-state index is -0.545. The van der Waals surface area contributed by atoms with E-state index in [9.17, 15) is 4.79 Å². The maximum atomic E-state index is 12.8. The van der Waals surface area contributed by atoms with Crippen molar-refractivity contribution in [2.75, 3.05) is 11.5 Å². The number of hydrogen-bond donors (Lipinski definition) is 2. The van der Waals surface area contributed by atoms with Gasteiger partial charge in [-0.15, -0.1) is 0 Å². The van der Waals surface area contributed by atoms with Crippen LogP contribution in [-0.4, -0.2) is 25.9 Å². The number of fused-ring (bicyclic) bond motifs is 1. The highest BCUT2D eigenvalue weighted by molar-refractivity contribution is 6.30. The van der Waals surface area contributed by atoms with Gasteiger partial charge in [-0.1, -0.05) is 41.9 Å². The molecule has 4 aromatic rings. The molecular formula is C20H15ClN6O2. The van der Waals surface area contributed by atoms with Crippen LogP contribution in [0, 0.1) is 0 Å². The number of para-hydroxylation sites is 1. The fourth-order valence-electron chi connectivity index (χ4n) is 2.84. The molecule has 0 aliphatic heterocycles. The summed E-state index contributed by atoms with van der Waals surface area (Å²) in [6.45, 7) is -0.192. The Hall–Kier alpha value is -3.78. The lowest BCUT2D eigenvalue weighted by Crippen LogP contribution is -2.11. The number of aromatic nitrogens is 4. The van der Waals surface area contributed by atoms with Crippen LogP contribution in [0.3, 0.4) is 0 Å². The van der Waals surface area contributed by atoms with Crippen LogP contribution in [0.15, 0.2) is 54.6 Å². The quantitative estimate of drug-likeness (QED) is 0.494. The molecule has 0 atom stereocenters. The smallest absolute Gasteiger partial charge is 0.339 e. The van der Waals surface area contributed by atoms with Crippen LogP contribution in [0.4, 0.5) is 11.9 Å².